The minimum Gasteiger partial charge on any atom is -0.392 e. The summed E-state index contributed by atoms with van der Waals surface area (Å²) in [6.07, 6.45) is 2.37. The predicted molar refractivity (Wildman–Crippen MR) is 147 cm³/mol. The lowest BCUT2D eigenvalue weighted by Crippen LogP contribution is -3.14. The van der Waals surface area contributed by atoms with Crippen molar-refractivity contribution in [3.63, 3.8) is 0 Å². The predicted octanol–water partition coefficient (Wildman–Crippen LogP) is 2.48. The molecule has 37 heavy (non-hydrogen) atoms. The third-order valence-corrected chi connectivity index (χ3v) is 10.3. The Morgan fingerprint density at radius 3 is 2.81 bits per heavy atom. The average molecular weight is 528 g/mol. The van der Waals surface area contributed by atoms with E-state index in [1.165, 1.54) is 15.3 Å². The number of nitrogens with one attached hydrogen (secondary N) is 3. The maximum atomic E-state index is 13.1. The molecule has 1 aromatic heterocycles. The van der Waals surface area contributed by atoms with E-state index in [-0.39, 0.29) is 35.0 Å². The number of morpholine rings is 1. The van der Waals surface area contributed by atoms with Gasteiger partial charge in [-0.25, -0.2) is 4.98 Å². The minimum atomic E-state index is -0.505. The van der Waals surface area contributed by atoms with Crippen molar-refractivity contribution in [3.05, 3.63) is 46.5 Å². The number of hydrogen-bond acceptors (Lipinski definition) is 6. The summed E-state index contributed by atoms with van der Waals surface area (Å²) < 4.78 is 5.43. The van der Waals surface area contributed by atoms with Crippen molar-refractivity contribution in [1.82, 2.24) is 10.3 Å². The minimum absolute atomic E-state index is 0.0212. The van der Waals surface area contributed by atoms with E-state index in [9.17, 15) is 9.90 Å². The van der Waals surface area contributed by atoms with Gasteiger partial charge >= 0.3 is 0 Å². The Bertz CT molecular complexity index is 1060. The third kappa shape index (κ3) is 5.72. The highest BCUT2D eigenvalue weighted by Gasteiger charge is 2.53. The molecule has 2 aromatic rings. The van der Waals surface area contributed by atoms with Crippen molar-refractivity contribution in [1.29, 1.82) is 0 Å². The van der Waals surface area contributed by atoms with E-state index in [0.29, 0.717) is 6.54 Å². The van der Waals surface area contributed by atoms with Crippen molar-refractivity contribution in [2.24, 2.45) is 23.2 Å². The molecule has 3 aliphatic rings. The largest absolute Gasteiger partial charge is 0.392 e. The highest BCUT2D eigenvalue weighted by atomic mass is 32.1. The first-order chi connectivity index (χ1) is 17.9. The molecule has 5 rings (SSSR count). The molecule has 1 saturated heterocycles. The number of carbonyl (C=O) groups is 1. The van der Waals surface area contributed by atoms with Crippen LogP contribution in [0.15, 0.2) is 30.3 Å². The van der Waals surface area contributed by atoms with Gasteiger partial charge in [-0.05, 0) is 42.1 Å². The second kappa shape index (κ2) is 11.4. The highest BCUT2D eigenvalue weighted by Crippen LogP contribution is 2.57. The Labute approximate surface area is 225 Å². The Morgan fingerprint density at radius 2 is 2.05 bits per heavy atom. The summed E-state index contributed by atoms with van der Waals surface area (Å²) in [5.74, 6) is 0.120. The van der Waals surface area contributed by atoms with Gasteiger partial charge in [-0.1, -0.05) is 51.1 Å². The lowest BCUT2D eigenvalue weighted by molar-refractivity contribution is -0.906. The molecule has 1 amide bonds. The fourth-order valence-electron chi connectivity index (χ4n) is 7.02. The fraction of sp³-hybridized carbons (Fsp3) is 0.655. The molecular weight excluding hydrogens is 484 g/mol. The monoisotopic (exact) mass is 527 g/mol. The van der Waals surface area contributed by atoms with Crippen molar-refractivity contribution in [3.8, 4) is 0 Å². The first kappa shape index (κ1) is 26.6. The van der Waals surface area contributed by atoms with Gasteiger partial charge in [-0.3, -0.25) is 4.79 Å². The average Bonchev–Trinajstić information content (AvgIpc) is 3.31. The Balaban J connectivity index is 1.22. The highest BCUT2D eigenvalue weighted by molar-refractivity contribution is 7.15. The SMILES string of the molecule is C[C@H](C(=O)NCC[NH+]1CCOCC1)[C@H]1CC[C@@]2(C)Cc3sc(NCc4ccccc4)nc3[C@@H](C)[C@@H]2[C@H]1O. The number of ether oxygens (including phenoxy) is 1. The third-order valence-electron chi connectivity index (χ3n) is 9.24. The van der Waals surface area contributed by atoms with Gasteiger partial charge in [0.1, 0.15) is 13.1 Å². The molecule has 0 bridgehead atoms. The van der Waals surface area contributed by atoms with E-state index in [2.05, 4.69) is 48.7 Å². The molecule has 0 unspecified atom stereocenters. The van der Waals surface area contributed by atoms with Crippen LogP contribution in [-0.2, 0) is 22.5 Å². The second-order valence-corrected chi connectivity index (χ2v) is 12.8. The van der Waals surface area contributed by atoms with Gasteiger partial charge in [0.05, 0.1) is 38.1 Å². The number of quaternary nitrogens is 1. The zero-order valence-electron chi connectivity index (χ0n) is 22.5. The zero-order valence-corrected chi connectivity index (χ0v) is 23.3. The van der Waals surface area contributed by atoms with E-state index < -0.39 is 6.10 Å². The topological polar surface area (TPSA) is 87.9 Å². The molecule has 2 aliphatic carbocycles. The molecule has 4 N–H and O–H groups in total. The molecule has 2 heterocycles. The number of aliphatic hydroxyl groups is 1. The normalized spacial score (nSPS) is 30.7. The standard InChI is InChI=1S/C29H42N4O3S/c1-19(27(35)30-11-12-33-13-15-36-16-14-33)22-9-10-29(3)17-23-25(20(2)24(29)26(22)34)32-28(37-23)31-18-21-7-5-4-6-8-21/h4-8,19-20,22,24,26,34H,9-18H2,1-3H3,(H,30,35)(H,31,32)/p+1/t19-,20-,22+,24+,26-,29-/m0/s1. The van der Waals surface area contributed by atoms with E-state index in [1.54, 1.807) is 11.3 Å². The van der Waals surface area contributed by atoms with E-state index >= 15 is 0 Å². The Hall–Kier alpha value is -2.00. The van der Waals surface area contributed by atoms with Crippen LogP contribution in [0.25, 0.3) is 0 Å². The Morgan fingerprint density at radius 1 is 1.30 bits per heavy atom. The number of anilines is 1. The number of amides is 1. The summed E-state index contributed by atoms with van der Waals surface area (Å²) in [4.78, 5) is 20.9. The molecule has 1 aliphatic heterocycles. The van der Waals surface area contributed by atoms with Crippen molar-refractivity contribution in [2.75, 3.05) is 44.7 Å². The van der Waals surface area contributed by atoms with Gasteiger partial charge in [0, 0.05) is 23.3 Å². The number of hydrogen-bond donors (Lipinski definition) is 4. The number of carbonyl (C=O) groups excluding carboxylic acids is 1. The van der Waals surface area contributed by atoms with Crippen LogP contribution in [0.4, 0.5) is 5.13 Å². The van der Waals surface area contributed by atoms with Crippen molar-refractivity contribution >= 4 is 22.4 Å². The molecule has 8 heteroatoms. The van der Waals surface area contributed by atoms with Crippen LogP contribution in [0, 0.1) is 23.2 Å². The van der Waals surface area contributed by atoms with Crippen LogP contribution in [0.2, 0.25) is 0 Å². The summed E-state index contributed by atoms with van der Waals surface area (Å²) in [5, 5.41) is 19.3. The fourth-order valence-corrected chi connectivity index (χ4v) is 8.28. The summed E-state index contributed by atoms with van der Waals surface area (Å²) in [7, 11) is 0. The van der Waals surface area contributed by atoms with Crippen LogP contribution >= 0.6 is 11.3 Å². The molecular formula is C29H43N4O3S+. The number of aromatic nitrogens is 1. The second-order valence-electron chi connectivity index (χ2n) is 11.7. The number of thiazole rings is 1. The lowest BCUT2D eigenvalue weighted by atomic mass is 9.53. The van der Waals surface area contributed by atoms with Gasteiger partial charge < -0.3 is 25.4 Å². The van der Waals surface area contributed by atoms with Crippen LogP contribution in [-0.4, -0.2) is 61.5 Å². The number of aliphatic hydroxyl groups excluding tert-OH is 1. The van der Waals surface area contributed by atoms with Crippen molar-refractivity contribution < 1.29 is 19.5 Å². The van der Waals surface area contributed by atoms with Crippen LogP contribution < -0.4 is 15.5 Å². The van der Waals surface area contributed by atoms with Crippen LogP contribution in [0.3, 0.4) is 0 Å². The summed E-state index contributed by atoms with van der Waals surface area (Å²) >= 11 is 1.77. The molecule has 7 nitrogen and oxygen atoms in total. The van der Waals surface area contributed by atoms with Crippen LogP contribution in [0.5, 0.6) is 0 Å². The smallest absolute Gasteiger partial charge is 0.223 e. The van der Waals surface area contributed by atoms with Gasteiger partial charge in [0.2, 0.25) is 5.91 Å². The molecule has 202 valence electrons. The van der Waals surface area contributed by atoms with Crippen molar-refractivity contribution in [2.45, 2.75) is 58.6 Å². The van der Waals surface area contributed by atoms with E-state index in [1.807, 2.05) is 13.0 Å². The summed E-state index contributed by atoms with van der Waals surface area (Å²) in [6.45, 7) is 12.6. The maximum Gasteiger partial charge on any atom is 0.223 e. The van der Waals surface area contributed by atoms with E-state index in [0.717, 1.165) is 69.5 Å². The summed E-state index contributed by atoms with van der Waals surface area (Å²) in [5.41, 5.74) is 2.40. The number of rotatable bonds is 8. The van der Waals surface area contributed by atoms with E-state index in [4.69, 9.17) is 9.72 Å². The van der Waals surface area contributed by atoms with Gasteiger partial charge in [0.15, 0.2) is 5.13 Å². The molecule has 6 atom stereocenters. The molecule has 1 saturated carbocycles. The Kier molecular flexibility index (Phi) is 8.19. The van der Waals surface area contributed by atoms with Gasteiger partial charge in [-0.2, -0.15) is 0 Å². The first-order valence-corrected chi connectivity index (χ1v) is 14.8. The maximum absolute atomic E-state index is 13.1. The first-order valence-electron chi connectivity index (χ1n) is 14.0. The number of fused-ring (bicyclic) bond motifs is 2. The number of benzene rings is 1. The molecule has 0 radical (unpaired) electrons. The quantitative estimate of drug-likeness (QED) is 0.424. The van der Waals surface area contributed by atoms with Crippen LogP contribution in [0.1, 0.15) is 55.7 Å². The number of nitrogens with zero attached hydrogens (tertiary/aromatic N) is 1. The molecule has 2 fully saturated rings. The summed E-state index contributed by atoms with van der Waals surface area (Å²) in [6, 6.07) is 10.4. The lowest BCUT2D eigenvalue weighted by Gasteiger charge is -2.53. The van der Waals surface area contributed by atoms with Gasteiger partial charge in [0.25, 0.3) is 0 Å². The van der Waals surface area contributed by atoms with Gasteiger partial charge in [-0.15, -0.1) is 11.3 Å². The molecule has 0 spiro atoms. The zero-order chi connectivity index (χ0) is 26.0. The molecule has 1 aromatic carbocycles.